The summed E-state index contributed by atoms with van der Waals surface area (Å²) in [6, 6.07) is 0. The third-order valence-corrected chi connectivity index (χ3v) is 2.40. The van der Waals surface area contributed by atoms with Gasteiger partial charge in [-0.1, -0.05) is 0 Å². The van der Waals surface area contributed by atoms with Gasteiger partial charge in [-0.2, -0.15) is 12.6 Å². The van der Waals surface area contributed by atoms with E-state index in [0.29, 0.717) is 0 Å². The lowest BCUT2D eigenvalue weighted by Gasteiger charge is -2.23. The number of carbonyl (C=O) groups is 1. The minimum absolute atomic E-state index is 0.0629. The molecule has 0 unspecified atom stereocenters. The van der Waals surface area contributed by atoms with E-state index in [0.717, 1.165) is 0 Å². The molecule has 1 heterocycles. The Morgan fingerprint density at radius 1 is 1.79 bits per heavy atom. The van der Waals surface area contributed by atoms with Gasteiger partial charge in [0.2, 0.25) is 0 Å². The average molecular weight is 222 g/mol. The maximum Gasteiger partial charge on any atom is 0.303 e. The second-order valence-corrected chi connectivity index (χ2v) is 3.55. The van der Waals surface area contributed by atoms with E-state index in [4.69, 9.17) is 9.47 Å². The highest BCUT2D eigenvalue weighted by Crippen LogP contribution is 2.21. The predicted molar refractivity (Wildman–Crippen MR) is 51.2 cm³/mol. The number of hydrogen-bond acceptors (Lipinski definition) is 6. The second kappa shape index (κ2) is 4.97. The topological polar surface area (TPSA) is 76.0 Å². The molecule has 14 heavy (non-hydrogen) atoms. The fraction of sp³-hybridized carbons (Fsp3) is 0.875. The van der Waals surface area contributed by atoms with Gasteiger partial charge in [0.05, 0.1) is 12.7 Å². The lowest BCUT2D eigenvalue weighted by atomic mass is 10.1. The number of aliphatic hydroxyl groups excluding tert-OH is 2. The highest BCUT2D eigenvalue weighted by Gasteiger charge is 2.42. The van der Waals surface area contributed by atoms with E-state index in [1.807, 2.05) is 0 Å². The Bertz CT molecular complexity index is 210. The van der Waals surface area contributed by atoms with Gasteiger partial charge in [0, 0.05) is 12.7 Å². The number of hydrogen-bond donors (Lipinski definition) is 3. The summed E-state index contributed by atoms with van der Waals surface area (Å²) >= 11 is 3.90. The van der Waals surface area contributed by atoms with Crippen molar-refractivity contribution in [3.8, 4) is 0 Å². The van der Waals surface area contributed by atoms with Gasteiger partial charge in [-0.15, -0.1) is 0 Å². The molecule has 0 spiro atoms. The summed E-state index contributed by atoms with van der Waals surface area (Å²) in [6.07, 6.45) is -3.21. The van der Waals surface area contributed by atoms with Crippen LogP contribution in [0.3, 0.4) is 0 Å². The summed E-state index contributed by atoms with van der Waals surface area (Å²) in [4.78, 5) is 10.7. The van der Waals surface area contributed by atoms with Gasteiger partial charge in [-0.05, 0) is 0 Å². The van der Waals surface area contributed by atoms with Crippen LogP contribution in [-0.4, -0.2) is 53.0 Å². The number of thiol groups is 1. The molecule has 0 bridgehead atoms. The first-order valence-electron chi connectivity index (χ1n) is 4.32. The summed E-state index contributed by atoms with van der Waals surface area (Å²) in [6.45, 7) is 1.31. The van der Waals surface area contributed by atoms with Gasteiger partial charge >= 0.3 is 5.97 Å². The molecular formula is C8H14O5S. The Morgan fingerprint density at radius 2 is 2.43 bits per heavy atom. The fourth-order valence-electron chi connectivity index (χ4n) is 1.39. The van der Waals surface area contributed by atoms with Crippen LogP contribution < -0.4 is 0 Å². The maximum absolute atomic E-state index is 10.7. The van der Waals surface area contributed by atoms with Crippen molar-refractivity contribution < 1.29 is 24.5 Å². The van der Waals surface area contributed by atoms with Crippen LogP contribution in [0.25, 0.3) is 0 Å². The van der Waals surface area contributed by atoms with Crippen LogP contribution >= 0.6 is 12.6 Å². The largest absolute Gasteiger partial charge is 0.457 e. The molecule has 2 N–H and O–H groups in total. The molecule has 5 nitrogen and oxygen atoms in total. The van der Waals surface area contributed by atoms with Crippen molar-refractivity contribution in [3.63, 3.8) is 0 Å². The van der Waals surface area contributed by atoms with Crippen LogP contribution in [0, 0.1) is 0 Å². The fourth-order valence-corrected chi connectivity index (χ4v) is 1.60. The first-order valence-corrected chi connectivity index (χ1v) is 4.95. The maximum atomic E-state index is 10.7. The summed E-state index contributed by atoms with van der Waals surface area (Å²) in [5.41, 5.74) is 0. The van der Waals surface area contributed by atoms with E-state index in [9.17, 15) is 15.0 Å². The summed E-state index contributed by atoms with van der Waals surface area (Å²) in [5, 5.41) is 18.9. The molecule has 6 heteroatoms. The number of aliphatic hydroxyl groups is 2. The SMILES string of the molecule is CC(=O)O[C@H]1[C@@H]([C@H](O)CS)OC[C@@H]1O. The van der Waals surface area contributed by atoms with E-state index in [2.05, 4.69) is 12.6 Å². The van der Waals surface area contributed by atoms with E-state index in [1.165, 1.54) is 6.92 Å². The number of rotatable bonds is 3. The van der Waals surface area contributed by atoms with Crippen LogP contribution in [-0.2, 0) is 14.3 Å². The molecule has 0 amide bonds. The summed E-state index contributed by atoms with van der Waals surface area (Å²) in [5.74, 6) is -0.314. The number of esters is 1. The molecule has 1 aliphatic rings. The Morgan fingerprint density at radius 3 is 2.93 bits per heavy atom. The molecule has 0 aromatic carbocycles. The van der Waals surface area contributed by atoms with Crippen molar-refractivity contribution in [2.75, 3.05) is 12.4 Å². The second-order valence-electron chi connectivity index (χ2n) is 3.19. The number of carbonyl (C=O) groups excluding carboxylic acids is 1. The van der Waals surface area contributed by atoms with Gasteiger partial charge < -0.3 is 19.7 Å². The Balaban J connectivity index is 2.61. The van der Waals surface area contributed by atoms with Crippen molar-refractivity contribution in [2.45, 2.75) is 31.3 Å². The van der Waals surface area contributed by atoms with Crippen LogP contribution in [0.2, 0.25) is 0 Å². The van der Waals surface area contributed by atoms with Crippen LogP contribution in [0.1, 0.15) is 6.92 Å². The summed E-state index contributed by atoms with van der Waals surface area (Å²) < 4.78 is 9.96. The molecule has 0 saturated carbocycles. The molecule has 0 aromatic rings. The smallest absolute Gasteiger partial charge is 0.303 e. The van der Waals surface area contributed by atoms with Gasteiger partial charge in [0.1, 0.15) is 12.2 Å². The minimum atomic E-state index is -0.876. The average Bonchev–Trinajstić information content (AvgIpc) is 2.46. The first kappa shape index (κ1) is 11.8. The Hall–Kier alpha value is -0.300. The lowest BCUT2D eigenvalue weighted by Crippen LogP contribution is -2.42. The first-order chi connectivity index (χ1) is 6.56. The van der Waals surface area contributed by atoms with Crippen molar-refractivity contribution in [1.29, 1.82) is 0 Å². The Labute approximate surface area is 87.4 Å². The van der Waals surface area contributed by atoms with E-state index >= 15 is 0 Å². The highest BCUT2D eigenvalue weighted by molar-refractivity contribution is 7.80. The molecule has 4 atom stereocenters. The van der Waals surface area contributed by atoms with Crippen LogP contribution in [0.5, 0.6) is 0 Å². The van der Waals surface area contributed by atoms with E-state index in [-0.39, 0.29) is 12.4 Å². The van der Waals surface area contributed by atoms with Gasteiger partial charge in [0.25, 0.3) is 0 Å². The predicted octanol–water partition coefficient (Wildman–Crippen LogP) is -1.03. The third-order valence-electron chi connectivity index (χ3n) is 2.03. The molecule has 0 aliphatic carbocycles. The normalized spacial score (nSPS) is 34.1. The van der Waals surface area contributed by atoms with E-state index < -0.39 is 30.4 Å². The minimum Gasteiger partial charge on any atom is -0.457 e. The Kier molecular flexibility index (Phi) is 4.18. The van der Waals surface area contributed by atoms with Gasteiger partial charge in [-0.3, -0.25) is 4.79 Å². The molecule has 82 valence electrons. The molecule has 1 rings (SSSR count). The molecule has 0 aromatic heterocycles. The number of ether oxygens (including phenoxy) is 2. The summed E-state index contributed by atoms with van der Waals surface area (Å²) in [7, 11) is 0. The monoisotopic (exact) mass is 222 g/mol. The van der Waals surface area contributed by atoms with Crippen molar-refractivity contribution in [1.82, 2.24) is 0 Å². The third kappa shape index (κ3) is 2.60. The quantitative estimate of drug-likeness (QED) is 0.420. The molecular weight excluding hydrogens is 208 g/mol. The zero-order valence-corrected chi connectivity index (χ0v) is 8.68. The zero-order chi connectivity index (χ0) is 10.7. The molecule has 1 saturated heterocycles. The zero-order valence-electron chi connectivity index (χ0n) is 7.79. The van der Waals surface area contributed by atoms with Crippen molar-refractivity contribution >= 4 is 18.6 Å². The van der Waals surface area contributed by atoms with Gasteiger partial charge in [0.15, 0.2) is 6.10 Å². The molecule has 0 radical (unpaired) electrons. The van der Waals surface area contributed by atoms with E-state index in [1.54, 1.807) is 0 Å². The lowest BCUT2D eigenvalue weighted by molar-refractivity contribution is -0.155. The van der Waals surface area contributed by atoms with Gasteiger partial charge in [-0.25, -0.2) is 0 Å². The van der Waals surface area contributed by atoms with Crippen molar-refractivity contribution in [3.05, 3.63) is 0 Å². The van der Waals surface area contributed by atoms with Crippen molar-refractivity contribution in [2.24, 2.45) is 0 Å². The molecule has 1 aliphatic heterocycles. The standard InChI is InChI=1S/C8H14O5S/c1-4(9)13-8-5(10)2-12-7(8)6(11)3-14/h5-8,10-11,14H,2-3H2,1H3/t5-,6+,7+,8+/m0/s1. The van der Waals surface area contributed by atoms with Crippen LogP contribution in [0.4, 0.5) is 0 Å². The highest BCUT2D eigenvalue weighted by atomic mass is 32.1. The molecule has 1 fully saturated rings. The van der Waals surface area contributed by atoms with Crippen LogP contribution in [0.15, 0.2) is 0 Å².